The first-order valence-electron chi connectivity index (χ1n) is 10.5. The van der Waals surface area contributed by atoms with E-state index >= 15 is 0 Å². The molecule has 0 bridgehead atoms. The smallest absolute Gasteiger partial charge is 0.316 e. The Morgan fingerprint density at radius 1 is 1.06 bits per heavy atom. The molecule has 2 aromatic carbocycles. The third-order valence-corrected chi connectivity index (χ3v) is 5.23. The highest BCUT2D eigenvalue weighted by Gasteiger charge is 2.15. The predicted octanol–water partition coefficient (Wildman–Crippen LogP) is 3.83. The second kappa shape index (κ2) is 8.32. The number of aromatic amines is 1. The zero-order chi connectivity index (χ0) is 23.8. The third-order valence-electron chi connectivity index (χ3n) is 5.23. The van der Waals surface area contributed by atoms with E-state index in [1.807, 2.05) is 13.8 Å². The number of carbonyl (C=O) groups is 1. The van der Waals surface area contributed by atoms with Crippen molar-refractivity contribution in [2.24, 2.45) is 0 Å². The molecule has 0 fully saturated rings. The van der Waals surface area contributed by atoms with E-state index in [2.05, 4.69) is 20.4 Å². The van der Waals surface area contributed by atoms with Gasteiger partial charge in [0.2, 0.25) is 5.82 Å². The van der Waals surface area contributed by atoms with Crippen LogP contribution < -0.4 is 16.4 Å². The lowest BCUT2D eigenvalue weighted by atomic mass is 10.1. The van der Waals surface area contributed by atoms with E-state index < -0.39 is 11.1 Å². The lowest BCUT2D eigenvalue weighted by Crippen LogP contribution is -2.37. The molecule has 10 heteroatoms. The number of hydrogen-bond donors (Lipinski definition) is 2. The minimum absolute atomic E-state index is 0.180. The molecule has 0 saturated heterocycles. The van der Waals surface area contributed by atoms with Crippen molar-refractivity contribution in [1.29, 1.82) is 0 Å². The van der Waals surface area contributed by atoms with Gasteiger partial charge in [-0.3, -0.25) is 19.0 Å². The Balaban J connectivity index is 1.46. The number of nitrogens with one attached hydrogen (secondary N) is 2. The number of rotatable bonds is 5. The number of hydrogen-bond acceptors (Lipinski definition) is 7. The van der Waals surface area contributed by atoms with Crippen molar-refractivity contribution in [3.8, 4) is 22.8 Å². The Hall–Kier alpha value is -4.73. The van der Waals surface area contributed by atoms with Crippen molar-refractivity contribution >= 4 is 22.6 Å². The van der Waals surface area contributed by atoms with Gasteiger partial charge in [0.1, 0.15) is 0 Å². The van der Waals surface area contributed by atoms with Crippen molar-refractivity contribution in [2.75, 3.05) is 5.32 Å². The Bertz CT molecular complexity index is 1630. The lowest BCUT2D eigenvalue weighted by molar-refractivity contribution is 0.0996. The van der Waals surface area contributed by atoms with Crippen LogP contribution in [0.15, 0.2) is 79.4 Å². The molecule has 0 radical (unpaired) electrons. The summed E-state index contributed by atoms with van der Waals surface area (Å²) in [6, 6.07) is 15.2. The second-order valence-corrected chi connectivity index (χ2v) is 7.89. The topological polar surface area (TPSA) is 136 Å². The standard InChI is InChI=1S/C24H19N5O5/c1-13(2)29-18-9-8-14(12-17(18)26-22(31)24(29)32)20-27-23(34-28-20)15-5-3-6-16(11-15)25-21(30)19-7-4-10-33-19/h3-13H,1-2H3,(H,25,30)(H,26,31). The third kappa shape index (κ3) is 3.81. The molecule has 0 aliphatic carbocycles. The zero-order valence-electron chi connectivity index (χ0n) is 18.2. The maximum absolute atomic E-state index is 12.2. The summed E-state index contributed by atoms with van der Waals surface area (Å²) in [4.78, 5) is 43.7. The quantitative estimate of drug-likeness (QED) is 0.383. The molecule has 2 N–H and O–H groups in total. The Kier molecular flexibility index (Phi) is 5.17. The van der Waals surface area contributed by atoms with E-state index in [1.54, 1.807) is 54.6 Å². The Morgan fingerprint density at radius 2 is 1.91 bits per heavy atom. The number of amides is 1. The summed E-state index contributed by atoms with van der Waals surface area (Å²) in [5.74, 6) is 0.385. The summed E-state index contributed by atoms with van der Waals surface area (Å²) in [6.45, 7) is 3.68. The first-order chi connectivity index (χ1) is 16.4. The number of anilines is 1. The molecule has 170 valence electrons. The largest absolute Gasteiger partial charge is 0.459 e. The van der Waals surface area contributed by atoms with Gasteiger partial charge in [0, 0.05) is 22.9 Å². The molecule has 3 heterocycles. The Morgan fingerprint density at radius 3 is 2.68 bits per heavy atom. The van der Waals surface area contributed by atoms with Crippen molar-refractivity contribution in [3.05, 3.63) is 87.3 Å². The number of nitrogens with zero attached hydrogens (tertiary/aromatic N) is 3. The van der Waals surface area contributed by atoms with Gasteiger partial charge in [-0.2, -0.15) is 4.98 Å². The number of furan rings is 1. The molecule has 0 aliphatic rings. The van der Waals surface area contributed by atoms with E-state index in [0.717, 1.165) is 0 Å². The van der Waals surface area contributed by atoms with Crippen molar-refractivity contribution in [1.82, 2.24) is 19.7 Å². The van der Waals surface area contributed by atoms with Crippen LogP contribution in [0.2, 0.25) is 0 Å². The van der Waals surface area contributed by atoms with Crippen LogP contribution in [0.3, 0.4) is 0 Å². The van der Waals surface area contributed by atoms with E-state index in [-0.39, 0.29) is 23.6 Å². The minimum Gasteiger partial charge on any atom is -0.459 e. The summed E-state index contributed by atoms with van der Waals surface area (Å²) >= 11 is 0. The maximum atomic E-state index is 12.2. The fraction of sp³-hybridized carbons (Fsp3) is 0.125. The maximum Gasteiger partial charge on any atom is 0.316 e. The second-order valence-electron chi connectivity index (χ2n) is 7.89. The van der Waals surface area contributed by atoms with Gasteiger partial charge < -0.3 is 19.2 Å². The van der Waals surface area contributed by atoms with Crippen LogP contribution >= 0.6 is 0 Å². The lowest BCUT2D eigenvalue weighted by Gasteiger charge is -2.13. The summed E-state index contributed by atoms with van der Waals surface area (Å²) in [5, 5.41) is 6.80. The predicted molar refractivity (Wildman–Crippen MR) is 125 cm³/mol. The molecule has 3 aromatic heterocycles. The molecule has 0 unspecified atom stereocenters. The molecule has 0 spiro atoms. The first-order valence-corrected chi connectivity index (χ1v) is 10.5. The number of aromatic nitrogens is 4. The molecule has 10 nitrogen and oxygen atoms in total. The highest BCUT2D eigenvalue weighted by molar-refractivity contribution is 6.02. The van der Waals surface area contributed by atoms with Crippen LogP contribution in [0.1, 0.15) is 30.4 Å². The van der Waals surface area contributed by atoms with Crippen molar-refractivity contribution in [2.45, 2.75) is 19.9 Å². The van der Waals surface area contributed by atoms with Crippen molar-refractivity contribution < 1.29 is 13.7 Å². The molecule has 34 heavy (non-hydrogen) atoms. The van der Waals surface area contributed by atoms with Gasteiger partial charge in [-0.15, -0.1) is 0 Å². The average molecular weight is 457 g/mol. The normalized spacial score (nSPS) is 11.3. The van der Waals surface area contributed by atoms with Gasteiger partial charge in [0.25, 0.3) is 11.8 Å². The summed E-state index contributed by atoms with van der Waals surface area (Å²) in [5.41, 5.74) is 1.55. The van der Waals surface area contributed by atoms with Crippen molar-refractivity contribution in [3.63, 3.8) is 0 Å². The minimum atomic E-state index is -0.694. The molecular formula is C24H19N5O5. The number of fused-ring (bicyclic) bond motifs is 1. The highest BCUT2D eigenvalue weighted by atomic mass is 16.5. The van der Waals surface area contributed by atoms with Gasteiger partial charge >= 0.3 is 11.1 Å². The van der Waals surface area contributed by atoms with Gasteiger partial charge in [-0.1, -0.05) is 11.2 Å². The fourth-order valence-corrected chi connectivity index (χ4v) is 3.68. The zero-order valence-corrected chi connectivity index (χ0v) is 18.2. The van der Waals surface area contributed by atoms with E-state index in [4.69, 9.17) is 8.94 Å². The monoisotopic (exact) mass is 457 g/mol. The van der Waals surface area contributed by atoms with Crippen LogP contribution in [0.5, 0.6) is 0 Å². The van der Waals surface area contributed by atoms with Gasteiger partial charge in [0.05, 0.1) is 17.3 Å². The molecule has 1 amide bonds. The summed E-state index contributed by atoms with van der Waals surface area (Å²) in [6.07, 6.45) is 1.43. The molecule has 5 rings (SSSR count). The van der Waals surface area contributed by atoms with Gasteiger partial charge in [-0.25, -0.2) is 0 Å². The van der Waals surface area contributed by atoms with Crippen LogP contribution in [0.4, 0.5) is 5.69 Å². The molecule has 0 aliphatic heterocycles. The Labute approximate surface area is 191 Å². The fourth-order valence-electron chi connectivity index (χ4n) is 3.68. The van der Waals surface area contributed by atoms with Gasteiger partial charge in [0.15, 0.2) is 5.76 Å². The first kappa shape index (κ1) is 21.1. The van der Waals surface area contributed by atoms with Crippen LogP contribution in [0, 0.1) is 0 Å². The average Bonchev–Trinajstić information content (AvgIpc) is 3.52. The highest BCUT2D eigenvalue weighted by Crippen LogP contribution is 2.26. The van der Waals surface area contributed by atoms with Crippen LogP contribution in [-0.4, -0.2) is 25.6 Å². The summed E-state index contributed by atoms with van der Waals surface area (Å²) in [7, 11) is 0. The molecule has 0 atom stereocenters. The van der Waals surface area contributed by atoms with E-state index in [9.17, 15) is 14.4 Å². The summed E-state index contributed by atoms with van der Waals surface area (Å²) < 4.78 is 12.0. The van der Waals surface area contributed by atoms with Crippen LogP contribution in [0.25, 0.3) is 33.9 Å². The molecule has 0 saturated carbocycles. The van der Waals surface area contributed by atoms with Gasteiger partial charge in [-0.05, 0) is 62.4 Å². The number of H-pyrrole nitrogens is 1. The molecule has 5 aromatic rings. The van der Waals surface area contributed by atoms with E-state index in [0.29, 0.717) is 33.7 Å². The van der Waals surface area contributed by atoms with Crippen LogP contribution in [-0.2, 0) is 0 Å². The molecular weight excluding hydrogens is 438 g/mol. The van der Waals surface area contributed by atoms with E-state index in [1.165, 1.54) is 10.8 Å². The SMILES string of the molecule is CC(C)n1c(=O)c(=O)[nH]c2cc(-c3noc(-c4cccc(NC(=O)c5ccco5)c4)n3)ccc21. The number of benzene rings is 2. The number of carbonyl (C=O) groups excluding carboxylic acids is 1.